The Balaban J connectivity index is 3.15. The molecule has 9 heavy (non-hydrogen) atoms. The monoisotopic (exact) mass is 148 g/mol. The van der Waals surface area contributed by atoms with Crippen molar-refractivity contribution in [1.82, 2.24) is 0 Å². The molecule has 0 amide bonds. The third-order valence-corrected chi connectivity index (χ3v) is 1.69. The van der Waals surface area contributed by atoms with E-state index in [9.17, 15) is 0 Å². The van der Waals surface area contributed by atoms with Gasteiger partial charge in [0.1, 0.15) is 0 Å². The molecule has 1 heteroatoms. The van der Waals surface area contributed by atoms with E-state index in [1.54, 1.807) is 0 Å². The molecule has 0 nitrogen and oxygen atoms in total. The van der Waals surface area contributed by atoms with Crippen LogP contribution in [0.5, 0.6) is 0 Å². The van der Waals surface area contributed by atoms with Crippen LogP contribution in [0.2, 0.25) is 0 Å². The van der Waals surface area contributed by atoms with Gasteiger partial charge in [0.25, 0.3) is 0 Å². The zero-order valence-electron chi connectivity index (χ0n) is 6.65. The van der Waals surface area contributed by atoms with Crippen LogP contribution in [0.15, 0.2) is 0 Å². The smallest absolute Gasteiger partial charge is 0.0310 e. The average Bonchev–Trinajstić information content (AvgIpc) is 1.63. The van der Waals surface area contributed by atoms with Crippen molar-refractivity contribution in [2.24, 2.45) is 5.92 Å². The third-order valence-electron chi connectivity index (χ3n) is 1.51. The maximum atomic E-state index is 5.81. The SMILES string of the molecule is CCCC(C)CC(C)Cl. The Hall–Kier alpha value is 0.290. The Morgan fingerprint density at radius 1 is 1.33 bits per heavy atom. The zero-order chi connectivity index (χ0) is 7.28. The predicted molar refractivity (Wildman–Crippen MR) is 44.0 cm³/mol. The summed E-state index contributed by atoms with van der Waals surface area (Å²) in [5.41, 5.74) is 0. The first-order valence-electron chi connectivity index (χ1n) is 3.80. The summed E-state index contributed by atoms with van der Waals surface area (Å²) in [7, 11) is 0. The first kappa shape index (κ1) is 9.29. The minimum absolute atomic E-state index is 0.353. The van der Waals surface area contributed by atoms with Crippen molar-refractivity contribution in [3.8, 4) is 0 Å². The Morgan fingerprint density at radius 3 is 2.22 bits per heavy atom. The van der Waals surface area contributed by atoms with Crippen molar-refractivity contribution in [3.63, 3.8) is 0 Å². The minimum atomic E-state index is 0.353. The number of hydrogen-bond donors (Lipinski definition) is 0. The second kappa shape index (κ2) is 5.10. The fraction of sp³-hybridized carbons (Fsp3) is 1.00. The molecule has 56 valence electrons. The number of halogens is 1. The maximum Gasteiger partial charge on any atom is 0.0310 e. The molecule has 0 spiro atoms. The first-order valence-corrected chi connectivity index (χ1v) is 4.24. The second-order valence-corrected chi connectivity index (χ2v) is 3.66. The molecule has 0 aromatic carbocycles. The summed E-state index contributed by atoms with van der Waals surface area (Å²) in [6.07, 6.45) is 3.76. The lowest BCUT2D eigenvalue weighted by atomic mass is 10.0. The molecular formula is C8H17Cl. The van der Waals surface area contributed by atoms with Gasteiger partial charge in [-0.2, -0.15) is 0 Å². The number of hydrogen-bond acceptors (Lipinski definition) is 0. The van der Waals surface area contributed by atoms with Crippen LogP contribution in [-0.2, 0) is 0 Å². The van der Waals surface area contributed by atoms with Crippen molar-refractivity contribution in [2.75, 3.05) is 0 Å². The highest BCUT2D eigenvalue weighted by Gasteiger charge is 2.03. The van der Waals surface area contributed by atoms with Gasteiger partial charge in [0.05, 0.1) is 0 Å². The molecule has 0 fully saturated rings. The molecule has 0 heterocycles. The van der Waals surface area contributed by atoms with Gasteiger partial charge in [0, 0.05) is 5.38 Å². The molecule has 0 aliphatic rings. The normalized spacial score (nSPS) is 17.3. The summed E-state index contributed by atoms with van der Waals surface area (Å²) in [4.78, 5) is 0. The standard InChI is InChI=1S/C8H17Cl/c1-4-5-7(2)6-8(3)9/h7-8H,4-6H2,1-3H3. The molecule has 0 saturated carbocycles. The molecule has 0 aliphatic heterocycles. The van der Waals surface area contributed by atoms with E-state index >= 15 is 0 Å². The third kappa shape index (κ3) is 6.17. The molecule has 2 unspecified atom stereocenters. The van der Waals surface area contributed by atoms with Crippen molar-refractivity contribution in [1.29, 1.82) is 0 Å². The first-order chi connectivity index (χ1) is 4.16. The van der Waals surface area contributed by atoms with Crippen LogP contribution >= 0.6 is 11.6 Å². The second-order valence-electron chi connectivity index (χ2n) is 2.91. The fourth-order valence-electron chi connectivity index (χ4n) is 1.17. The number of rotatable bonds is 4. The molecular weight excluding hydrogens is 132 g/mol. The Morgan fingerprint density at radius 2 is 1.89 bits per heavy atom. The quantitative estimate of drug-likeness (QED) is 0.536. The molecule has 0 radical (unpaired) electrons. The Labute approximate surface area is 63.6 Å². The summed E-state index contributed by atoms with van der Waals surface area (Å²) in [6.45, 7) is 6.55. The van der Waals surface area contributed by atoms with Crippen LogP contribution in [0, 0.1) is 5.92 Å². The maximum absolute atomic E-state index is 5.81. The van der Waals surface area contributed by atoms with Crippen LogP contribution in [0.1, 0.15) is 40.0 Å². The molecule has 0 aromatic heterocycles. The van der Waals surface area contributed by atoms with Crippen molar-refractivity contribution < 1.29 is 0 Å². The van der Waals surface area contributed by atoms with Gasteiger partial charge in [0.15, 0.2) is 0 Å². The summed E-state index contributed by atoms with van der Waals surface area (Å²) in [5, 5.41) is 0.353. The lowest BCUT2D eigenvalue weighted by molar-refractivity contribution is 0.484. The van der Waals surface area contributed by atoms with E-state index in [-0.39, 0.29) is 0 Å². The van der Waals surface area contributed by atoms with Crippen LogP contribution in [0.25, 0.3) is 0 Å². The van der Waals surface area contributed by atoms with Gasteiger partial charge in [-0.1, -0.05) is 26.7 Å². The molecule has 0 aromatic rings. The minimum Gasteiger partial charge on any atom is -0.123 e. The van der Waals surface area contributed by atoms with Gasteiger partial charge >= 0.3 is 0 Å². The fourth-order valence-corrected chi connectivity index (χ4v) is 1.47. The summed E-state index contributed by atoms with van der Waals surface area (Å²) in [5.74, 6) is 0.808. The van der Waals surface area contributed by atoms with Crippen molar-refractivity contribution in [2.45, 2.75) is 45.4 Å². The van der Waals surface area contributed by atoms with Gasteiger partial charge < -0.3 is 0 Å². The predicted octanol–water partition coefficient (Wildman–Crippen LogP) is 3.44. The molecule has 0 rings (SSSR count). The molecule has 0 bridgehead atoms. The molecule has 0 saturated heterocycles. The summed E-state index contributed by atoms with van der Waals surface area (Å²) < 4.78 is 0. The Bertz CT molecular complexity index is 59.6. The summed E-state index contributed by atoms with van der Waals surface area (Å²) >= 11 is 5.81. The zero-order valence-corrected chi connectivity index (χ0v) is 7.41. The summed E-state index contributed by atoms with van der Waals surface area (Å²) in [6, 6.07) is 0. The van der Waals surface area contributed by atoms with E-state index < -0.39 is 0 Å². The molecule has 2 atom stereocenters. The van der Waals surface area contributed by atoms with Gasteiger partial charge in [-0.05, 0) is 19.3 Å². The largest absolute Gasteiger partial charge is 0.123 e. The topological polar surface area (TPSA) is 0 Å². The van der Waals surface area contributed by atoms with Crippen molar-refractivity contribution in [3.05, 3.63) is 0 Å². The lowest BCUT2D eigenvalue weighted by Gasteiger charge is -2.10. The van der Waals surface area contributed by atoms with Crippen molar-refractivity contribution >= 4 is 11.6 Å². The van der Waals surface area contributed by atoms with E-state index in [0.29, 0.717) is 5.38 Å². The van der Waals surface area contributed by atoms with Crippen LogP contribution in [0.3, 0.4) is 0 Å². The van der Waals surface area contributed by atoms with Gasteiger partial charge in [-0.15, -0.1) is 11.6 Å². The van der Waals surface area contributed by atoms with Gasteiger partial charge in [0.2, 0.25) is 0 Å². The van der Waals surface area contributed by atoms with E-state index in [1.807, 2.05) is 0 Å². The van der Waals surface area contributed by atoms with E-state index in [0.717, 1.165) is 12.3 Å². The highest BCUT2D eigenvalue weighted by atomic mass is 35.5. The van der Waals surface area contributed by atoms with Crippen LogP contribution in [0.4, 0.5) is 0 Å². The molecule has 0 aliphatic carbocycles. The van der Waals surface area contributed by atoms with Gasteiger partial charge in [-0.3, -0.25) is 0 Å². The highest BCUT2D eigenvalue weighted by molar-refractivity contribution is 6.20. The molecule has 0 N–H and O–H groups in total. The number of alkyl halides is 1. The Kier molecular flexibility index (Phi) is 5.27. The van der Waals surface area contributed by atoms with E-state index in [1.165, 1.54) is 12.8 Å². The van der Waals surface area contributed by atoms with Crippen LogP contribution in [-0.4, -0.2) is 5.38 Å². The van der Waals surface area contributed by atoms with E-state index in [4.69, 9.17) is 11.6 Å². The highest BCUT2D eigenvalue weighted by Crippen LogP contribution is 2.14. The van der Waals surface area contributed by atoms with E-state index in [2.05, 4.69) is 20.8 Å². The lowest BCUT2D eigenvalue weighted by Crippen LogP contribution is -2.00. The van der Waals surface area contributed by atoms with Gasteiger partial charge in [-0.25, -0.2) is 0 Å². The average molecular weight is 149 g/mol. The van der Waals surface area contributed by atoms with Crippen LogP contribution < -0.4 is 0 Å².